The number of carbonyl (C=O) groups excluding carboxylic acids is 2. The van der Waals surface area contributed by atoms with Crippen LogP contribution in [0.5, 0.6) is 0 Å². The Balaban J connectivity index is 1.68. The van der Waals surface area contributed by atoms with E-state index in [0.717, 1.165) is 0 Å². The molecule has 38 heavy (non-hydrogen) atoms. The molecule has 2 aromatic carbocycles. The van der Waals surface area contributed by atoms with Crippen LogP contribution in [0.15, 0.2) is 48.2 Å². The number of Topliss-reactive ketones (excluding diaryl/α,β-unsaturated/α-hetero) is 1. The lowest BCUT2D eigenvalue weighted by Gasteiger charge is -2.37. The fraction of sp³-hybridized carbons (Fsp3) is 0.467. The molecule has 8 heteroatoms. The van der Waals surface area contributed by atoms with E-state index in [1.54, 1.807) is 30.3 Å². The maximum atomic E-state index is 15.8. The van der Waals surface area contributed by atoms with Crippen molar-refractivity contribution in [2.75, 3.05) is 5.32 Å². The van der Waals surface area contributed by atoms with Crippen LogP contribution < -0.4 is 10.6 Å². The molecule has 5 nitrogen and oxygen atoms in total. The highest BCUT2D eigenvalue weighted by molar-refractivity contribution is 6.31. The van der Waals surface area contributed by atoms with E-state index >= 15 is 4.39 Å². The van der Waals surface area contributed by atoms with Crippen LogP contribution in [0.4, 0.5) is 10.1 Å². The Morgan fingerprint density at radius 2 is 1.97 bits per heavy atom. The predicted octanol–water partition coefficient (Wildman–Crippen LogP) is 7.08. The van der Waals surface area contributed by atoms with Crippen molar-refractivity contribution < 1.29 is 19.1 Å². The fourth-order valence-electron chi connectivity index (χ4n) is 6.68. The summed E-state index contributed by atoms with van der Waals surface area (Å²) in [7, 11) is 0. The molecule has 2 aliphatic heterocycles. The van der Waals surface area contributed by atoms with Gasteiger partial charge in [-0.25, -0.2) is 4.39 Å². The van der Waals surface area contributed by atoms with Gasteiger partial charge in [-0.1, -0.05) is 62.2 Å². The first-order valence-corrected chi connectivity index (χ1v) is 13.9. The van der Waals surface area contributed by atoms with Crippen LogP contribution in [-0.2, 0) is 15.0 Å². The Labute approximate surface area is 232 Å². The first-order chi connectivity index (χ1) is 17.9. The van der Waals surface area contributed by atoms with Crippen molar-refractivity contribution in [1.82, 2.24) is 5.32 Å². The topological polar surface area (TPSA) is 78.4 Å². The van der Waals surface area contributed by atoms with Crippen LogP contribution in [0.2, 0.25) is 10.0 Å². The molecule has 3 aliphatic rings. The van der Waals surface area contributed by atoms with Gasteiger partial charge in [0.25, 0.3) is 0 Å². The Bertz CT molecular complexity index is 1320. The molecular weight excluding hydrogens is 526 g/mol. The standard InChI is InChI=1S/C30H33Cl2FN2O3/c1-29(2,3)15-24-30(20-12-9-17(31)14-22(20)34-28(30)38)25(19-5-4-6-21(32)26(19)33)27(35-24)23(37)13-16-7-10-18(36)11-8-16/h4-6,9-10,12,14,16,24-25,27,35-36H,7-8,11,13,15H2,1-3H3,(H,34,38). The molecule has 1 fully saturated rings. The second-order valence-corrected chi connectivity index (χ2v) is 12.9. The smallest absolute Gasteiger partial charge is 0.237 e. The second kappa shape index (κ2) is 9.96. The number of nitrogens with one attached hydrogen (secondary N) is 2. The molecule has 2 heterocycles. The molecule has 3 N–H and O–H groups in total. The number of ketones is 1. The number of rotatable bonds is 5. The van der Waals surface area contributed by atoms with Crippen LogP contribution in [0.1, 0.15) is 69.9 Å². The Hall–Kier alpha value is -2.41. The van der Waals surface area contributed by atoms with Crippen molar-refractivity contribution in [3.8, 4) is 0 Å². The van der Waals surface area contributed by atoms with Gasteiger partial charge in [-0.15, -0.1) is 0 Å². The molecule has 202 valence electrons. The quantitative estimate of drug-likeness (QED) is 0.366. The lowest BCUT2D eigenvalue weighted by molar-refractivity contribution is -0.123. The minimum absolute atomic E-state index is 0.0502. The molecule has 5 unspecified atom stereocenters. The zero-order valence-electron chi connectivity index (χ0n) is 21.8. The molecule has 5 rings (SSSR count). The average Bonchev–Trinajstić information content (AvgIpc) is 3.31. The third kappa shape index (κ3) is 4.65. The molecule has 0 bridgehead atoms. The summed E-state index contributed by atoms with van der Waals surface area (Å²) in [5, 5.41) is 16.8. The minimum Gasteiger partial charge on any atom is -0.513 e. The van der Waals surface area contributed by atoms with E-state index in [-0.39, 0.29) is 40.0 Å². The van der Waals surface area contributed by atoms with E-state index in [0.29, 0.717) is 47.7 Å². The number of aliphatic hydroxyl groups excluding tert-OH is 1. The van der Waals surface area contributed by atoms with E-state index in [4.69, 9.17) is 23.2 Å². The summed E-state index contributed by atoms with van der Waals surface area (Å²) in [5.41, 5.74) is 0.0969. The molecule has 2 aromatic rings. The van der Waals surface area contributed by atoms with Gasteiger partial charge in [0.05, 0.1) is 16.8 Å². The zero-order chi connectivity index (χ0) is 27.4. The summed E-state index contributed by atoms with van der Waals surface area (Å²) < 4.78 is 15.8. The summed E-state index contributed by atoms with van der Waals surface area (Å²) in [4.78, 5) is 28.2. The summed E-state index contributed by atoms with van der Waals surface area (Å²) in [6, 6.07) is 8.79. The number of benzene rings is 2. The zero-order valence-corrected chi connectivity index (χ0v) is 23.3. The van der Waals surface area contributed by atoms with Crippen molar-refractivity contribution >= 4 is 40.6 Å². The number of carbonyl (C=O) groups is 2. The van der Waals surface area contributed by atoms with Crippen LogP contribution in [0, 0.1) is 17.2 Å². The second-order valence-electron chi connectivity index (χ2n) is 12.1. The number of allylic oxidation sites excluding steroid dienone is 2. The van der Waals surface area contributed by atoms with E-state index in [9.17, 15) is 14.7 Å². The number of amides is 1. The summed E-state index contributed by atoms with van der Waals surface area (Å²) in [5.74, 6) is -1.35. The van der Waals surface area contributed by atoms with Crippen LogP contribution in [0.25, 0.3) is 0 Å². The normalized spacial score (nSPS) is 28.8. The molecule has 1 saturated heterocycles. The monoisotopic (exact) mass is 558 g/mol. The SMILES string of the molecule is CC(C)(C)CC1NC(C(=O)CC2CC=C(O)CC2)C(c2cccc(Cl)c2F)C12C(=O)Nc1cc(Cl)ccc12. The predicted molar refractivity (Wildman–Crippen MR) is 148 cm³/mol. The van der Waals surface area contributed by atoms with Gasteiger partial charge in [0.2, 0.25) is 5.91 Å². The van der Waals surface area contributed by atoms with E-state index in [2.05, 4.69) is 31.4 Å². The molecule has 1 aliphatic carbocycles. The number of fused-ring (bicyclic) bond motifs is 2. The first kappa shape index (κ1) is 27.2. The summed E-state index contributed by atoms with van der Waals surface area (Å²) in [6.07, 6.45) is 4.47. The molecule has 0 saturated carbocycles. The van der Waals surface area contributed by atoms with E-state index in [1.165, 1.54) is 6.07 Å². The van der Waals surface area contributed by atoms with Crippen LogP contribution in [0.3, 0.4) is 0 Å². The average molecular weight is 560 g/mol. The van der Waals surface area contributed by atoms with Gasteiger partial charge >= 0.3 is 0 Å². The van der Waals surface area contributed by atoms with Gasteiger partial charge in [-0.2, -0.15) is 0 Å². The number of halogens is 3. The molecule has 5 atom stereocenters. The van der Waals surface area contributed by atoms with Gasteiger partial charge in [-0.3, -0.25) is 9.59 Å². The number of anilines is 1. The van der Waals surface area contributed by atoms with Crippen molar-refractivity contribution in [3.63, 3.8) is 0 Å². The number of aliphatic hydroxyl groups is 1. The molecule has 1 spiro atoms. The third-order valence-corrected chi connectivity index (χ3v) is 8.80. The Kier molecular flexibility index (Phi) is 7.12. The number of hydrogen-bond acceptors (Lipinski definition) is 4. The molecule has 0 radical (unpaired) electrons. The van der Waals surface area contributed by atoms with Crippen molar-refractivity contribution in [1.29, 1.82) is 0 Å². The van der Waals surface area contributed by atoms with Gasteiger partial charge in [-0.05, 0) is 66.0 Å². The Morgan fingerprint density at radius 1 is 1.21 bits per heavy atom. The lowest BCUT2D eigenvalue weighted by atomic mass is 9.62. The van der Waals surface area contributed by atoms with Crippen molar-refractivity contribution in [2.45, 2.75) is 76.3 Å². The molecule has 1 amide bonds. The number of hydrogen-bond donors (Lipinski definition) is 3. The highest BCUT2D eigenvalue weighted by atomic mass is 35.5. The minimum atomic E-state index is -1.25. The van der Waals surface area contributed by atoms with Gasteiger partial charge in [0.15, 0.2) is 5.78 Å². The van der Waals surface area contributed by atoms with E-state index in [1.807, 2.05) is 6.07 Å². The molecule has 0 aromatic heterocycles. The fourth-order valence-corrected chi connectivity index (χ4v) is 7.03. The third-order valence-electron chi connectivity index (χ3n) is 8.27. The Morgan fingerprint density at radius 3 is 2.66 bits per heavy atom. The van der Waals surface area contributed by atoms with Gasteiger partial charge < -0.3 is 15.7 Å². The lowest BCUT2D eigenvalue weighted by Crippen LogP contribution is -2.49. The highest BCUT2D eigenvalue weighted by Crippen LogP contribution is 2.57. The van der Waals surface area contributed by atoms with E-state index < -0.39 is 29.2 Å². The summed E-state index contributed by atoms with van der Waals surface area (Å²) in [6.45, 7) is 6.26. The highest BCUT2D eigenvalue weighted by Gasteiger charge is 2.66. The van der Waals surface area contributed by atoms with Crippen LogP contribution in [-0.4, -0.2) is 28.9 Å². The van der Waals surface area contributed by atoms with Crippen LogP contribution >= 0.6 is 23.2 Å². The largest absolute Gasteiger partial charge is 0.513 e. The maximum absolute atomic E-state index is 15.8. The van der Waals surface area contributed by atoms with Gasteiger partial charge in [0.1, 0.15) is 11.2 Å². The summed E-state index contributed by atoms with van der Waals surface area (Å²) >= 11 is 12.5. The van der Waals surface area contributed by atoms with Crippen molar-refractivity contribution in [2.24, 2.45) is 11.3 Å². The maximum Gasteiger partial charge on any atom is 0.237 e. The van der Waals surface area contributed by atoms with Gasteiger partial charge in [0, 0.05) is 35.5 Å². The molecular formula is C30H33Cl2FN2O3. The van der Waals surface area contributed by atoms with Crippen molar-refractivity contribution in [3.05, 3.63) is 75.2 Å². The first-order valence-electron chi connectivity index (χ1n) is 13.1.